The number of aromatic hydroxyl groups is 1. The first-order chi connectivity index (χ1) is 39.0. The summed E-state index contributed by atoms with van der Waals surface area (Å²) in [7, 11) is 0. The lowest BCUT2D eigenvalue weighted by molar-refractivity contribution is -0.125. The highest BCUT2D eigenvalue weighted by molar-refractivity contribution is 6.09. The van der Waals surface area contributed by atoms with Gasteiger partial charge in [-0.3, -0.25) is 9.69 Å². The summed E-state index contributed by atoms with van der Waals surface area (Å²) >= 11 is 0. The quantitative estimate of drug-likeness (QED) is 0.0386. The average molecular weight is 1120 g/mol. The van der Waals surface area contributed by atoms with Crippen LogP contribution in [0, 0.1) is 53.4 Å². The van der Waals surface area contributed by atoms with Crippen molar-refractivity contribution in [1.29, 1.82) is 0 Å². The van der Waals surface area contributed by atoms with Crippen LogP contribution in [0.15, 0.2) is 112 Å². The molecule has 7 heterocycles. The van der Waals surface area contributed by atoms with Crippen molar-refractivity contribution in [3.8, 4) is 29.2 Å². The second-order valence-corrected chi connectivity index (χ2v) is 22.4. The Morgan fingerprint density at radius 1 is 0.963 bits per heavy atom. The van der Waals surface area contributed by atoms with Gasteiger partial charge in [0.05, 0.1) is 41.5 Å². The SMILES string of the molecule is C#Cc1c(F)ccc2cc(O)cc(C3=C(F)C4N=C(OCCN5CCC(COC6C=C([C@H](C(=C)N7C[C@H](O)C[C@H]7C(=O)N[C@@H](C)c7ccc(-c8c(F)ccc(F)c8F)cc7)C(C)C)ON6)CC5)N=C(N5CC6CCC(C5)N6)C4=CN3)c12. The number of nitrogens with one attached hydrogen (secondary N) is 4. The Bertz CT molecular complexity index is 3300. The lowest BCUT2D eigenvalue weighted by Gasteiger charge is -2.38. The number of hydrogen-bond donors (Lipinski definition) is 6. The van der Waals surface area contributed by atoms with Gasteiger partial charge in [0.1, 0.15) is 47.7 Å². The zero-order valence-electron chi connectivity index (χ0n) is 45.3. The number of β-amino-alcohol motifs (C(OH)–C–C–N with tert-alkyl or cyclic N) is 1. The number of hydroxylamine groups is 1. The number of rotatable bonds is 15. The van der Waals surface area contributed by atoms with Crippen molar-refractivity contribution in [3.63, 3.8) is 0 Å². The standard InChI is InChI=1S/C61H66F5N9O6/c1-6-43-46(62)14-11-38-23-41(76)24-44(53(38)43)57-56(66)58-45(27-67-57)59(74-28-39-12-13-40(29-74)69-39)71-61(70-58)79-22-21-73-19-17-35(18-20-73)31-80-51-26-50(81-72-51)52(32(2)3)34(5)75-30-42(77)25-49(75)60(78)68-33(4)36-7-9-37(10-8-36)54-47(63)15-16-48(64)55(54)65/h1,7-11,14-16,23-24,26-27,32-33,35,39-40,42,49,51-52,58,67,69,72,76-77H,5,12-13,17-22,25,28-31H2,2-4H3,(H,68,78)/t33-,39?,40?,42+,49-,51?,52-,58?/m0/s1. The van der Waals surface area contributed by atoms with Gasteiger partial charge in [-0.05, 0) is 104 Å². The number of likely N-dealkylation sites (tertiary alicyclic amines) is 3. The number of aliphatic hydroxyl groups is 1. The van der Waals surface area contributed by atoms with Gasteiger partial charge in [-0.1, -0.05) is 56.7 Å². The van der Waals surface area contributed by atoms with Crippen LogP contribution in [0.2, 0.25) is 0 Å². The van der Waals surface area contributed by atoms with Crippen molar-refractivity contribution in [1.82, 2.24) is 36.1 Å². The summed E-state index contributed by atoms with van der Waals surface area (Å²) in [6.45, 7) is 14.8. The minimum atomic E-state index is -1.28. The number of aliphatic hydroxyl groups excluding tert-OH is 1. The number of aliphatic imine (C=N–C) groups is 2. The molecule has 426 valence electrons. The first-order valence-corrected chi connectivity index (χ1v) is 27.8. The molecule has 15 nitrogen and oxygen atoms in total. The lowest BCUT2D eigenvalue weighted by atomic mass is 9.89. The number of fused-ring (bicyclic) bond motifs is 4. The molecule has 6 N–H and O–H groups in total. The molecule has 7 aliphatic rings. The predicted octanol–water partition coefficient (Wildman–Crippen LogP) is 8.04. The maximum Gasteiger partial charge on any atom is 0.314 e. The van der Waals surface area contributed by atoms with E-state index < -0.39 is 65.1 Å². The number of benzene rings is 4. The second kappa shape index (κ2) is 23.3. The molecule has 4 unspecified atom stereocenters. The van der Waals surface area contributed by atoms with Crippen molar-refractivity contribution in [3.05, 3.63) is 142 Å². The number of phenolic OH excluding ortho intramolecular Hbond substituents is 1. The van der Waals surface area contributed by atoms with E-state index in [1.807, 2.05) is 24.8 Å². The van der Waals surface area contributed by atoms with E-state index in [-0.39, 0.29) is 89.5 Å². The minimum Gasteiger partial charge on any atom is -0.508 e. The highest BCUT2D eigenvalue weighted by atomic mass is 19.2. The molecule has 81 heavy (non-hydrogen) atoms. The summed E-state index contributed by atoms with van der Waals surface area (Å²) in [6.07, 6.45) is 12.0. The van der Waals surface area contributed by atoms with E-state index in [9.17, 15) is 28.2 Å². The maximum atomic E-state index is 17.1. The Morgan fingerprint density at radius 2 is 1.69 bits per heavy atom. The number of carbonyl (C=O) groups is 1. The number of hydrogen-bond acceptors (Lipinski definition) is 14. The van der Waals surface area contributed by atoms with Crippen LogP contribution in [0.3, 0.4) is 0 Å². The number of carbonyl (C=O) groups excluding carboxylic acids is 1. The molecule has 0 aromatic heterocycles. The van der Waals surface area contributed by atoms with Crippen LogP contribution in [0.4, 0.5) is 22.0 Å². The number of piperazine rings is 1. The maximum absolute atomic E-state index is 17.1. The number of amides is 1. The van der Waals surface area contributed by atoms with Crippen LogP contribution in [-0.2, 0) is 19.1 Å². The molecule has 4 saturated heterocycles. The monoisotopic (exact) mass is 1120 g/mol. The predicted molar refractivity (Wildman–Crippen MR) is 297 cm³/mol. The zero-order valence-corrected chi connectivity index (χ0v) is 45.3. The van der Waals surface area contributed by atoms with Crippen LogP contribution >= 0.6 is 0 Å². The first kappa shape index (κ1) is 55.6. The summed E-state index contributed by atoms with van der Waals surface area (Å²) < 4.78 is 87.7. The molecule has 4 aromatic carbocycles. The molecule has 0 aliphatic carbocycles. The van der Waals surface area contributed by atoms with Crippen molar-refractivity contribution in [2.24, 2.45) is 27.7 Å². The number of piperidine rings is 1. The largest absolute Gasteiger partial charge is 0.508 e. The van der Waals surface area contributed by atoms with E-state index in [1.54, 1.807) is 25.3 Å². The van der Waals surface area contributed by atoms with E-state index in [4.69, 9.17) is 30.7 Å². The molecule has 0 radical (unpaired) electrons. The van der Waals surface area contributed by atoms with Gasteiger partial charge in [-0.15, -0.1) is 11.9 Å². The Morgan fingerprint density at radius 3 is 2.42 bits per heavy atom. The fraction of sp³-hybridized carbons (Fsp3) is 0.426. The van der Waals surface area contributed by atoms with E-state index in [0.29, 0.717) is 65.4 Å². The molecule has 0 saturated carbocycles. The summed E-state index contributed by atoms with van der Waals surface area (Å²) in [4.78, 5) is 35.9. The molecule has 0 spiro atoms. The molecule has 20 heteroatoms. The third-order valence-corrected chi connectivity index (χ3v) is 16.7. The molecule has 1 amide bonds. The van der Waals surface area contributed by atoms with Crippen molar-refractivity contribution in [2.75, 3.05) is 52.5 Å². The van der Waals surface area contributed by atoms with Crippen LogP contribution in [-0.4, -0.2) is 132 Å². The van der Waals surface area contributed by atoms with Crippen LogP contribution < -0.4 is 21.4 Å². The topological polar surface area (TPSA) is 168 Å². The summed E-state index contributed by atoms with van der Waals surface area (Å²) in [5.41, 5.74) is 4.68. The van der Waals surface area contributed by atoms with Crippen molar-refractivity contribution >= 4 is 34.2 Å². The molecule has 2 bridgehead atoms. The number of terminal acetylenes is 1. The Labute approximate surface area is 467 Å². The molecule has 11 rings (SSSR count). The molecule has 7 aliphatic heterocycles. The third-order valence-electron chi connectivity index (χ3n) is 16.7. The van der Waals surface area contributed by atoms with Gasteiger partial charge in [-0.2, -0.15) is 4.99 Å². The highest BCUT2D eigenvalue weighted by Gasteiger charge is 2.43. The van der Waals surface area contributed by atoms with Gasteiger partial charge >= 0.3 is 6.02 Å². The molecule has 4 fully saturated rings. The van der Waals surface area contributed by atoms with Gasteiger partial charge in [-0.25, -0.2) is 26.9 Å². The normalized spacial score (nSPS) is 24.7. The minimum absolute atomic E-state index is 0.0103. The smallest absolute Gasteiger partial charge is 0.314 e. The van der Waals surface area contributed by atoms with E-state index in [1.165, 1.54) is 36.4 Å². The molecule has 4 aromatic rings. The van der Waals surface area contributed by atoms with Gasteiger partial charge in [0.25, 0.3) is 0 Å². The Balaban J connectivity index is 0.685. The summed E-state index contributed by atoms with van der Waals surface area (Å²) in [5.74, 6) is -1.56. The average Bonchev–Trinajstić information content (AvgIpc) is 4.27. The Kier molecular flexibility index (Phi) is 16.0. The molecular weight excluding hydrogens is 1050 g/mol. The highest BCUT2D eigenvalue weighted by Crippen LogP contribution is 2.41. The molecule has 8 atom stereocenters. The summed E-state index contributed by atoms with van der Waals surface area (Å²) in [6, 6.07) is 11.6. The number of dihydropyridines is 1. The second-order valence-electron chi connectivity index (χ2n) is 22.4. The number of nitrogens with zero attached hydrogens (tertiary/aromatic N) is 5. The van der Waals surface area contributed by atoms with E-state index >= 15 is 8.78 Å². The van der Waals surface area contributed by atoms with Crippen LogP contribution in [0.1, 0.15) is 75.6 Å². The van der Waals surface area contributed by atoms with Gasteiger partial charge < -0.3 is 50.3 Å². The van der Waals surface area contributed by atoms with E-state index in [2.05, 4.69) is 43.7 Å². The van der Waals surface area contributed by atoms with E-state index in [0.717, 1.165) is 50.9 Å². The zero-order chi connectivity index (χ0) is 56.8. The number of amidine groups is 2. The van der Waals surface area contributed by atoms with Crippen LogP contribution in [0.5, 0.6) is 5.75 Å². The number of ether oxygens (including phenoxy) is 2. The lowest BCUT2D eigenvalue weighted by Crippen LogP contribution is -2.55. The first-order valence-electron chi connectivity index (χ1n) is 27.8. The van der Waals surface area contributed by atoms with Crippen LogP contribution in [0.25, 0.3) is 27.6 Å². The number of halogens is 5. The van der Waals surface area contributed by atoms with Gasteiger partial charge in [0.2, 0.25) is 5.91 Å². The third kappa shape index (κ3) is 11.4. The summed E-state index contributed by atoms with van der Waals surface area (Å²) in [5, 5.41) is 32.1. The molecular formula is C61H66F5N9O6. The Hall–Kier alpha value is -7.28. The fourth-order valence-corrected chi connectivity index (χ4v) is 12.5. The van der Waals surface area contributed by atoms with Gasteiger partial charge in [0, 0.05) is 79.2 Å². The van der Waals surface area contributed by atoms with Crippen molar-refractivity contribution < 1.29 is 51.3 Å². The van der Waals surface area contributed by atoms with Crippen molar-refractivity contribution in [2.45, 2.75) is 95.4 Å². The van der Waals surface area contributed by atoms with Gasteiger partial charge in [0.15, 0.2) is 23.7 Å². The fourth-order valence-electron chi connectivity index (χ4n) is 12.5. The number of phenols is 1.